The number of pyridine rings is 1. The fourth-order valence-corrected chi connectivity index (χ4v) is 2.73. The maximum absolute atomic E-state index is 5.37. The summed E-state index contributed by atoms with van der Waals surface area (Å²) in [5.41, 5.74) is 1.27. The minimum atomic E-state index is 0.582. The van der Waals surface area contributed by atoms with Crippen LogP contribution in [0.4, 0.5) is 0 Å². The highest BCUT2D eigenvalue weighted by atomic mass is 79.9. The Morgan fingerprint density at radius 3 is 2.80 bits per heavy atom. The van der Waals surface area contributed by atoms with Gasteiger partial charge >= 0.3 is 0 Å². The summed E-state index contributed by atoms with van der Waals surface area (Å²) in [5.74, 6) is 1.48. The standard InChI is InChI=1S/C11H15BrN2O/c1-15-10-7-14-6-9(12)11(10)8-2-4-13-5-3-8/h6-8,13H,2-5H2,1H3. The zero-order valence-corrected chi connectivity index (χ0v) is 10.4. The average molecular weight is 271 g/mol. The molecule has 4 heteroatoms. The van der Waals surface area contributed by atoms with Gasteiger partial charge in [-0.05, 0) is 47.8 Å². The SMILES string of the molecule is COc1cncc(Br)c1C1CCNCC1. The van der Waals surface area contributed by atoms with Crippen molar-refractivity contribution in [1.29, 1.82) is 0 Å². The Bertz CT molecular complexity index is 337. The van der Waals surface area contributed by atoms with Crippen molar-refractivity contribution in [3.63, 3.8) is 0 Å². The molecule has 15 heavy (non-hydrogen) atoms. The van der Waals surface area contributed by atoms with Gasteiger partial charge in [-0.3, -0.25) is 4.98 Å². The molecular formula is C11H15BrN2O. The number of aromatic nitrogens is 1. The first-order valence-electron chi connectivity index (χ1n) is 5.21. The van der Waals surface area contributed by atoms with Crippen molar-refractivity contribution in [2.24, 2.45) is 0 Å². The molecule has 0 spiro atoms. The van der Waals surface area contributed by atoms with E-state index in [2.05, 4.69) is 26.2 Å². The van der Waals surface area contributed by atoms with Crippen LogP contribution in [0.25, 0.3) is 0 Å². The maximum Gasteiger partial charge on any atom is 0.141 e. The Morgan fingerprint density at radius 1 is 1.40 bits per heavy atom. The van der Waals surface area contributed by atoms with Crippen molar-refractivity contribution >= 4 is 15.9 Å². The molecule has 0 bridgehead atoms. The minimum Gasteiger partial charge on any atom is -0.495 e. The molecule has 1 saturated heterocycles. The molecule has 1 aliphatic heterocycles. The number of ether oxygens (including phenoxy) is 1. The molecule has 0 aliphatic carbocycles. The van der Waals surface area contributed by atoms with E-state index in [4.69, 9.17) is 4.74 Å². The Labute approximate surface area is 98.4 Å². The van der Waals surface area contributed by atoms with Crippen molar-refractivity contribution in [3.8, 4) is 5.75 Å². The predicted molar refractivity (Wildman–Crippen MR) is 63.3 cm³/mol. The number of methoxy groups -OCH3 is 1. The number of hydrogen-bond acceptors (Lipinski definition) is 3. The largest absolute Gasteiger partial charge is 0.495 e. The van der Waals surface area contributed by atoms with E-state index < -0.39 is 0 Å². The first-order valence-corrected chi connectivity index (χ1v) is 6.00. The second-order valence-electron chi connectivity index (χ2n) is 3.76. The third kappa shape index (κ3) is 2.32. The monoisotopic (exact) mass is 270 g/mol. The van der Waals surface area contributed by atoms with Gasteiger partial charge in [-0.2, -0.15) is 0 Å². The fourth-order valence-electron chi connectivity index (χ4n) is 2.10. The van der Waals surface area contributed by atoms with Crippen LogP contribution in [0, 0.1) is 0 Å². The Morgan fingerprint density at radius 2 is 2.13 bits per heavy atom. The second-order valence-corrected chi connectivity index (χ2v) is 4.62. The molecule has 1 aromatic heterocycles. The topological polar surface area (TPSA) is 34.1 Å². The quantitative estimate of drug-likeness (QED) is 0.896. The van der Waals surface area contributed by atoms with E-state index in [-0.39, 0.29) is 0 Å². The molecule has 1 aliphatic rings. The summed E-state index contributed by atoms with van der Waals surface area (Å²) >= 11 is 3.56. The van der Waals surface area contributed by atoms with Crippen LogP contribution >= 0.6 is 15.9 Å². The van der Waals surface area contributed by atoms with E-state index in [0.717, 1.165) is 23.3 Å². The third-order valence-electron chi connectivity index (χ3n) is 2.87. The smallest absolute Gasteiger partial charge is 0.141 e. The van der Waals surface area contributed by atoms with Crippen LogP contribution in [0.5, 0.6) is 5.75 Å². The molecule has 0 unspecified atom stereocenters. The molecular weight excluding hydrogens is 256 g/mol. The normalized spacial score (nSPS) is 17.7. The molecule has 0 radical (unpaired) electrons. The number of halogens is 1. The molecule has 1 aromatic rings. The summed E-state index contributed by atoms with van der Waals surface area (Å²) in [6.07, 6.45) is 5.97. The lowest BCUT2D eigenvalue weighted by atomic mass is 9.90. The first-order chi connectivity index (χ1) is 7.33. The lowest BCUT2D eigenvalue weighted by molar-refractivity contribution is 0.389. The molecule has 3 nitrogen and oxygen atoms in total. The molecule has 0 saturated carbocycles. The number of nitrogens with zero attached hydrogens (tertiary/aromatic N) is 1. The number of piperidine rings is 1. The number of hydrogen-bond donors (Lipinski definition) is 1. The molecule has 0 atom stereocenters. The van der Waals surface area contributed by atoms with Crippen LogP contribution in [0.3, 0.4) is 0 Å². The summed E-state index contributed by atoms with van der Waals surface area (Å²) in [5, 5.41) is 3.37. The molecule has 2 rings (SSSR count). The van der Waals surface area contributed by atoms with Gasteiger partial charge in [-0.25, -0.2) is 0 Å². The predicted octanol–water partition coefficient (Wildman–Crippen LogP) is 2.32. The van der Waals surface area contributed by atoms with E-state index in [0.29, 0.717) is 5.92 Å². The van der Waals surface area contributed by atoms with Crippen molar-refractivity contribution < 1.29 is 4.74 Å². The summed E-state index contributed by atoms with van der Waals surface area (Å²) in [6, 6.07) is 0. The van der Waals surface area contributed by atoms with E-state index in [1.54, 1.807) is 13.3 Å². The third-order valence-corrected chi connectivity index (χ3v) is 3.50. The van der Waals surface area contributed by atoms with Crippen molar-refractivity contribution in [1.82, 2.24) is 10.3 Å². The van der Waals surface area contributed by atoms with Crippen LogP contribution in [0.1, 0.15) is 24.3 Å². The highest BCUT2D eigenvalue weighted by molar-refractivity contribution is 9.10. The van der Waals surface area contributed by atoms with Crippen LogP contribution in [-0.4, -0.2) is 25.2 Å². The van der Waals surface area contributed by atoms with Gasteiger partial charge in [0.1, 0.15) is 5.75 Å². The summed E-state index contributed by atoms with van der Waals surface area (Å²) < 4.78 is 6.43. The Hall–Kier alpha value is -0.610. The molecule has 0 amide bonds. The maximum atomic E-state index is 5.37. The number of nitrogens with one attached hydrogen (secondary N) is 1. The minimum absolute atomic E-state index is 0.582. The summed E-state index contributed by atoms with van der Waals surface area (Å²) in [7, 11) is 1.70. The van der Waals surface area contributed by atoms with E-state index in [1.807, 2.05) is 6.20 Å². The summed E-state index contributed by atoms with van der Waals surface area (Å²) in [4.78, 5) is 4.12. The lowest BCUT2D eigenvalue weighted by Gasteiger charge is -2.25. The highest BCUT2D eigenvalue weighted by Gasteiger charge is 2.21. The van der Waals surface area contributed by atoms with Crippen LogP contribution in [0.15, 0.2) is 16.9 Å². The van der Waals surface area contributed by atoms with Crippen molar-refractivity contribution in [2.45, 2.75) is 18.8 Å². The zero-order valence-electron chi connectivity index (χ0n) is 8.79. The first kappa shape index (κ1) is 10.9. The fraction of sp³-hybridized carbons (Fsp3) is 0.545. The molecule has 0 aromatic carbocycles. The van der Waals surface area contributed by atoms with Crippen LogP contribution < -0.4 is 10.1 Å². The van der Waals surface area contributed by atoms with Gasteiger partial charge in [-0.15, -0.1) is 0 Å². The summed E-state index contributed by atoms with van der Waals surface area (Å²) in [6.45, 7) is 2.17. The molecule has 82 valence electrons. The Kier molecular flexibility index (Phi) is 3.59. The molecule has 2 heterocycles. The molecule has 1 fully saturated rings. The van der Waals surface area contributed by atoms with Gasteiger partial charge < -0.3 is 10.1 Å². The zero-order chi connectivity index (χ0) is 10.7. The second kappa shape index (κ2) is 4.94. The van der Waals surface area contributed by atoms with Crippen molar-refractivity contribution in [2.75, 3.05) is 20.2 Å². The molecule has 1 N–H and O–H groups in total. The van der Waals surface area contributed by atoms with Crippen molar-refractivity contribution in [3.05, 3.63) is 22.4 Å². The average Bonchev–Trinajstić information content (AvgIpc) is 2.29. The Balaban J connectivity index is 2.31. The van der Waals surface area contributed by atoms with Crippen LogP contribution in [0.2, 0.25) is 0 Å². The van der Waals surface area contributed by atoms with Gasteiger partial charge in [0.25, 0.3) is 0 Å². The number of rotatable bonds is 2. The van der Waals surface area contributed by atoms with E-state index >= 15 is 0 Å². The van der Waals surface area contributed by atoms with Gasteiger partial charge in [0, 0.05) is 16.2 Å². The lowest BCUT2D eigenvalue weighted by Crippen LogP contribution is -2.27. The van der Waals surface area contributed by atoms with Gasteiger partial charge in [0.2, 0.25) is 0 Å². The van der Waals surface area contributed by atoms with Gasteiger partial charge in [0.05, 0.1) is 13.3 Å². The van der Waals surface area contributed by atoms with Gasteiger partial charge in [0.15, 0.2) is 0 Å². The van der Waals surface area contributed by atoms with E-state index in [9.17, 15) is 0 Å². The van der Waals surface area contributed by atoms with Gasteiger partial charge in [-0.1, -0.05) is 0 Å². The highest BCUT2D eigenvalue weighted by Crippen LogP contribution is 2.36. The van der Waals surface area contributed by atoms with Crippen LogP contribution in [-0.2, 0) is 0 Å². The van der Waals surface area contributed by atoms with E-state index in [1.165, 1.54) is 18.4 Å².